The van der Waals surface area contributed by atoms with Gasteiger partial charge in [-0.2, -0.15) is 13.2 Å². The van der Waals surface area contributed by atoms with Crippen molar-refractivity contribution in [2.45, 2.75) is 45.5 Å². The molecule has 1 aromatic heterocycles. The van der Waals surface area contributed by atoms with Crippen molar-refractivity contribution in [1.82, 2.24) is 20.5 Å². The number of amides is 1. The van der Waals surface area contributed by atoms with Crippen molar-refractivity contribution in [1.29, 1.82) is 0 Å². The summed E-state index contributed by atoms with van der Waals surface area (Å²) in [6, 6.07) is 0.121. The Bertz CT molecular complexity index is 642. The van der Waals surface area contributed by atoms with Crippen molar-refractivity contribution in [2.24, 2.45) is 4.99 Å². The molecule has 2 N–H and O–H groups in total. The average molecular weight is 407 g/mol. The molecule has 0 aliphatic carbocycles. The minimum Gasteiger partial charge on any atom is -0.450 e. The Morgan fingerprint density at radius 1 is 1.41 bits per heavy atom. The molecule has 2 rings (SSSR count). The van der Waals surface area contributed by atoms with Crippen LogP contribution in [0.1, 0.15) is 37.4 Å². The van der Waals surface area contributed by atoms with E-state index in [9.17, 15) is 18.0 Å². The fourth-order valence-electron chi connectivity index (χ4n) is 2.59. The summed E-state index contributed by atoms with van der Waals surface area (Å²) in [6.45, 7) is 5.88. The predicted octanol–water partition coefficient (Wildman–Crippen LogP) is 2.84. The molecular formula is C16H24F3N5O2S. The molecule has 152 valence electrons. The summed E-state index contributed by atoms with van der Waals surface area (Å²) in [6.07, 6.45) is -3.27. The molecule has 1 fully saturated rings. The van der Waals surface area contributed by atoms with E-state index in [0.29, 0.717) is 37.2 Å². The zero-order chi connectivity index (χ0) is 19.9. The number of hydrogen-bond acceptors (Lipinski definition) is 5. The first-order valence-electron chi connectivity index (χ1n) is 8.81. The summed E-state index contributed by atoms with van der Waals surface area (Å²) in [7, 11) is 0. The molecule has 1 aliphatic heterocycles. The highest BCUT2D eigenvalue weighted by molar-refractivity contribution is 7.09. The molecule has 0 radical (unpaired) electrons. The number of aliphatic imine (C=N–C) groups is 1. The van der Waals surface area contributed by atoms with Crippen LogP contribution in [0.25, 0.3) is 0 Å². The van der Waals surface area contributed by atoms with E-state index in [1.54, 1.807) is 11.8 Å². The van der Waals surface area contributed by atoms with Crippen LogP contribution < -0.4 is 10.6 Å². The Morgan fingerprint density at radius 2 is 2.11 bits per heavy atom. The number of carbonyl (C=O) groups excluding carboxylic acids is 1. The molecule has 11 heteroatoms. The molecule has 0 unspecified atom stereocenters. The smallest absolute Gasteiger partial charge is 0.434 e. The van der Waals surface area contributed by atoms with Gasteiger partial charge in [0.2, 0.25) is 0 Å². The fourth-order valence-corrected chi connectivity index (χ4v) is 3.32. The summed E-state index contributed by atoms with van der Waals surface area (Å²) in [4.78, 5) is 21.3. The number of thiazole rings is 1. The minimum atomic E-state index is -4.44. The van der Waals surface area contributed by atoms with Gasteiger partial charge >= 0.3 is 12.3 Å². The van der Waals surface area contributed by atoms with Crippen LogP contribution in [-0.2, 0) is 17.5 Å². The van der Waals surface area contributed by atoms with Gasteiger partial charge in [-0.3, -0.25) is 0 Å². The number of carbonyl (C=O) groups is 1. The molecule has 7 nitrogen and oxygen atoms in total. The summed E-state index contributed by atoms with van der Waals surface area (Å²) >= 11 is 0.939. The number of piperidine rings is 1. The molecule has 1 aromatic rings. The van der Waals surface area contributed by atoms with Gasteiger partial charge in [0.1, 0.15) is 5.01 Å². The van der Waals surface area contributed by atoms with Crippen LogP contribution in [-0.4, -0.2) is 54.2 Å². The summed E-state index contributed by atoms with van der Waals surface area (Å²) in [5.74, 6) is 0.524. The molecule has 0 spiro atoms. The van der Waals surface area contributed by atoms with E-state index in [-0.39, 0.29) is 18.7 Å². The van der Waals surface area contributed by atoms with Crippen molar-refractivity contribution in [3.63, 3.8) is 0 Å². The number of likely N-dealkylation sites (tertiary alicyclic amines) is 1. The zero-order valence-electron chi connectivity index (χ0n) is 15.3. The number of rotatable bonds is 5. The SMILES string of the molecule is CCNC(=NCc1nc(C(F)(F)F)cs1)NC1CCN(C(=O)OCC)CC1. The van der Waals surface area contributed by atoms with Crippen molar-refractivity contribution in [3.05, 3.63) is 16.1 Å². The van der Waals surface area contributed by atoms with Gasteiger partial charge in [-0.15, -0.1) is 11.3 Å². The second-order valence-electron chi connectivity index (χ2n) is 5.92. The van der Waals surface area contributed by atoms with Gasteiger partial charge in [-0.1, -0.05) is 0 Å². The van der Waals surface area contributed by atoms with Crippen LogP contribution in [0, 0.1) is 0 Å². The Morgan fingerprint density at radius 3 is 2.67 bits per heavy atom. The lowest BCUT2D eigenvalue weighted by Crippen LogP contribution is -2.49. The normalized spacial score (nSPS) is 16.3. The van der Waals surface area contributed by atoms with Crippen LogP contribution in [0.4, 0.5) is 18.0 Å². The first kappa shape index (κ1) is 21.3. The molecular weight excluding hydrogens is 383 g/mol. The fraction of sp³-hybridized carbons (Fsp3) is 0.688. The second kappa shape index (κ2) is 9.77. The van der Waals surface area contributed by atoms with Crippen molar-refractivity contribution >= 4 is 23.4 Å². The Hall–Kier alpha value is -2.04. The number of nitrogens with one attached hydrogen (secondary N) is 2. The highest BCUT2D eigenvalue weighted by atomic mass is 32.1. The van der Waals surface area contributed by atoms with E-state index in [2.05, 4.69) is 20.6 Å². The maximum absolute atomic E-state index is 12.6. The van der Waals surface area contributed by atoms with Crippen molar-refractivity contribution in [2.75, 3.05) is 26.2 Å². The lowest BCUT2D eigenvalue weighted by molar-refractivity contribution is -0.140. The number of ether oxygens (including phenoxy) is 1. The number of alkyl halides is 3. The number of aromatic nitrogens is 1. The maximum atomic E-state index is 12.6. The highest BCUT2D eigenvalue weighted by Gasteiger charge is 2.33. The third-order valence-electron chi connectivity index (χ3n) is 3.92. The third kappa shape index (κ3) is 6.56. The molecule has 0 atom stereocenters. The average Bonchev–Trinajstić information content (AvgIpc) is 3.10. The predicted molar refractivity (Wildman–Crippen MR) is 96.7 cm³/mol. The van der Waals surface area contributed by atoms with Crippen LogP contribution in [0.3, 0.4) is 0 Å². The second-order valence-corrected chi connectivity index (χ2v) is 6.87. The molecule has 1 saturated heterocycles. The van der Waals surface area contributed by atoms with Gasteiger partial charge in [0.05, 0.1) is 13.2 Å². The number of halogens is 3. The highest BCUT2D eigenvalue weighted by Crippen LogP contribution is 2.30. The largest absolute Gasteiger partial charge is 0.450 e. The van der Waals surface area contributed by atoms with Crippen LogP contribution in [0.2, 0.25) is 0 Å². The van der Waals surface area contributed by atoms with E-state index in [4.69, 9.17) is 4.74 Å². The zero-order valence-corrected chi connectivity index (χ0v) is 16.1. The Labute approximate surface area is 160 Å². The molecule has 0 aromatic carbocycles. The van der Waals surface area contributed by atoms with Crippen LogP contribution in [0.5, 0.6) is 0 Å². The van der Waals surface area contributed by atoms with Crippen molar-refractivity contribution in [3.8, 4) is 0 Å². The number of guanidine groups is 1. The summed E-state index contributed by atoms with van der Waals surface area (Å²) in [5, 5.41) is 7.65. The van der Waals surface area contributed by atoms with Crippen LogP contribution >= 0.6 is 11.3 Å². The first-order valence-corrected chi connectivity index (χ1v) is 9.69. The van der Waals surface area contributed by atoms with Gasteiger partial charge in [-0.05, 0) is 26.7 Å². The monoisotopic (exact) mass is 407 g/mol. The van der Waals surface area contributed by atoms with Crippen LogP contribution in [0.15, 0.2) is 10.4 Å². The quantitative estimate of drug-likeness (QED) is 0.580. The molecule has 0 saturated carbocycles. The lowest BCUT2D eigenvalue weighted by Gasteiger charge is -2.32. The summed E-state index contributed by atoms with van der Waals surface area (Å²) < 4.78 is 42.8. The van der Waals surface area contributed by atoms with E-state index >= 15 is 0 Å². The molecule has 0 bridgehead atoms. The topological polar surface area (TPSA) is 78.9 Å². The number of hydrogen-bond donors (Lipinski definition) is 2. The van der Waals surface area contributed by atoms with Gasteiger partial charge in [0.15, 0.2) is 11.7 Å². The van der Waals surface area contributed by atoms with E-state index in [1.165, 1.54) is 0 Å². The van der Waals surface area contributed by atoms with Gasteiger partial charge in [0, 0.05) is 31.1 Å². The lowest BCUT2D eigenvalue weighted by atomic mass is 10.1. The van der Waals surface area contributed by atoms with E-state index < -0.39 is 11.9 Å². The Kier molecular flexibility index (Phi) is 7.69. The van der Waals surface area contributed by atoms with E-state index in [0.717, 1.165) is 29.6 Å². The molecule has 1 aliphatic rings. The number of nitrogens with zero attached hydrogens (tertiary/aromatic N) is 3. The standard InChI is InChI=1S/C16H24F3N5O2S/c1-3-20-14(21-9-13-23-12(10-27-13)16(17,18)19)22-11-5-7-24(8-6-11)15(25)26-4-2/h10-11H,3-9H2,1-2H3,(H2,20,21,22). The molecule has 1 amide bonds. The maximum Gasteiger partial charge on any atom is 0.434 e. The van der Waals surface area contributed by atoms with Gasteiger partial charge in [0.25, 0.3) is 0 Å². The Balaban J connectivity index is 1.89. The molecule has 2 heterocycles. The first-order chi connectivity index (χ1) is 12.8. The van der Waals surface area contributed by atoms with Gasteiger partial charge < -0.3 is 20.3 Å². The minimum absolute atomic E-state index is 0.0672. The van der Waals surface area contributed by atoms with Crippen molar-refractivity contribution < 1.29 is 22.7 Å². The van der Waals surface area contributed by atoms with E-state index in [1.807, 2.05) is 6.92 Å². The summed E-state index contributed by atoms with van der Waals surface area (Å²) in [5.41, 5.74) is -0.887. The molecule has 27 heavy (non-hydrogen) atoms. The third-order valence-corrected chi connectivity index (χ3v) is 4.75. The van der Waals surface area contributed by atoms with Gasteiger partial charge in [-0.25, -0.2) is 14.8 Å².